The predicted molar refractivity (Wildman–Crippen MR) is 88.0 cm³/mol. The van der Waals surface area contributed by atoms with Crippen molar-refractivity contribution >= 4 is 0 Å². The molecule has 120 valence electrons. The van der Waals surface area contributed by atoms with Crippen LogP contribution in [0, 0.1) is 0 Å². The van der Waals surface area contributed by atoms with Crippen molar-refractivity contribution in [3.05, 3.63) is 29.8 Å². The molecule has 0 spiro atoms. The lowest BCUT2D eigenvalue weighted by Gasteiger charge is -2.27. The number of likely N-dealkylation sites (N-methyl/N-ethyl adjacent to an activating group) is 1. The summed E-state index contributed by atoms with van der Waals surface area (Å²) in [4.78, 5) is 2.41. The van der Waals surface area contributed by atoms with Crippen LogP contribution in [0.1, 0.15) is 31.9 Å². The molecule has 0 fully saturated rings. The fourth-order valence-electron chi connectivity index (χ4n) is 2.32. The maximum atomic E-state index is 5.34. The summed E-state index contributed by atoms with van der Waals surface area (Å²) in [6.07, 6.45) is 1.13. The van der Waals surface area contributed by atoms with Gasteiger partial charge in [-0.05, 0) is 37.2 Å². The maximum Gasteiger partial charge on any atom is 0.119 e. The van der Waals surface area contributed by atoms with Crippen LogP contribution >= 0.6 is 0 Å². The van der Waals surface area contributed by atoms with Gasteiger partial charge in [0.1, 0.15) is 5.75 Å². The second kappa shape index (κ2) is 10.6. The molecule has 0 aliphatic carbocycles. The summed E-state index contributed by atoms with van der Waals surface area (Å²) >= 11 is 0. The highest BCUT2D eigenvalue weighted by Crippen LogP contribution is 2.20. The fourth-order valence-corrected chi connectivity index (χ4v) is 2.32. The number of methoxy groups -OCH3 is 2. The van der Waals surface area contributed by atoms with Gasteiger partial charge >= 0.3 is 0 Å². The molecule has 0 saturated carbocycles. The second-order valence-corrected chi connectivity index (χ2v) is 5.17. The Labute approximate surface area is 129 Å². The highest BCUT2D eigenvalue weighted by Gasteiger charge is 2.15. The summed E-state index contributed by atoms with van der Waals surface area (Å²) in [6.45, 7) is 9.14. The number of benzene rings is 1. The van der Waals surface area contributed by atoms with E-state index in [2.05, 4.69) is 42.3 Å². The van der Waals surface area contributed by atoms with Crippen LogP contribution < -0.4 is 10.1 Å². The van der Waals surface area contributed by atoms with Crippen molar-refractivity contribution in [2.75, 3.05) is 47.0 Å². The lowest BCUT2D eigenvalue weighted by molar-refractivity contribution is 0.144. The van der Waals surface area contributed by atoms with Gasteiger partial charge in [-0.3, -0.25) is 4.90 Å². The average molecular weight is 294 g/mol. The van der Waals surface area contributed by atoms with Crippen LogP contribution in [0.5, 0.6) is 5.75 Å². The standard InChI is InChI=1S/C17H30N2O2/c1-5-10-18-17(14-19(6-2)11-12-20-3)15-8-7-9-16(13-15)21-4/h7-9,13,17-18H,5-6,10-12,14H2,1-4H3. The molecule has 1 rings (SSSR count). The van der Waals surface area contributed by atoms with Gasteiger partial charge in [0.2, 0.25) is 0 Å². The van der Waals surface area contributed by atoms with Gasteiger partial charge in [-0.2, -0.15) is 0 Å². The maximum absolute atomic E-state index is 5.34. The molecule has 4 nitrogen and oxygen atoms in total. The summed E-state index contributed by atoms with van der Waals surface area (Å²) in [5, 5.41) is 3.64. The predicted octanol–water partition coefficient (Wildman–Crippen LogP) is 2.70. The number of rotatable bonds is 11. The van der Waals surface area contributed by atoms with Crippen molar-refractivity contribution in [1.82, 2.24) is 10.2 Å². The lowest BCUT2D eigenvalue weighted by Crippen LogP contribution is -2.37. The summed E-state index contributed by atoms with van der Waals surface area (Å²) < 4.78 is 10.5. The number of ether oxygens (including phenoxy) is 2. The Morgan fingerprint density at radius 2 is 2.05 bits per heavy atom. The first-order chi connectivity index (χ1) is 10.2. The molecule has 0 aromatic heterocycles. The third-order valence-corrected chi connectivity index (χ3v) is 3.64. The van der Waals surface area contributed by atoms with Gasteiger partial charge in [-0.25, -0.2) is 0 Å². The van der Waals surface area contributed by atoms with E-state index < -0.39 is 0 Å². The van der Waals surface area contributed by atoms with Gasteiger partial charge < -0.3 is 14.8 Å². The molecule has 0 radical (unpaired) electrons. The molecular formula is C17H30N2O2. The molecule has 1 aromatic rings. The van der Waals surface area contributed by atoms with Gasteiger partial charge in [0.25, 0.3) is 0 Å². The van der Waals surface area contributed by atoms with Crippen LogP contribution in [-0.2, 0) is 4.74 Å². The van der Waals surface area contributed by atoms with Crippen LogP contribution in [0.2, 0.25) is 0 Å². The first kappa shape index (κ1) is 18.0. The van der Waals surface area contributed by atoms with E-state index in [9.17, 15) is 0 Å². The largest absolute Gasteiger partial charge is 0.497 e. The molecule has 0 amide bonds. The quantitative estimate of drug-likeness (QED) is 0.680. The summed E-state index contributed by atoms with van der Waals surface area (Å²) in [6, 6.07) is 8.65. The van der Waals surface area contributed by atoms with Gasteiger partial charge in [-0.1, -0.05) is 26.0 Å². The Balaban J connectivity index is 2.77. The third kappa shape index (κ3) is 6.46. The monoisotopic (exact) mass is 294 g/mol. The summed E-state index contributed by atoms with van der Waals surface area (Å²) in [5.41, 5.74) is 1.28. The highest BCUT2D eigenvalue weighted by atomic mass is 16.5. The molecule has 0 aliphatic heterocycles. The minimum atomic E-state index is 0.317. The summed E-state index contributed by atoms with van der Waals surface area (Å²) in [5.74, 6) is 0.913. The molecule has 21 heavy (non-hydrogen) atoms. The van der Waals surface area contributed by atoms with E-state index in [1.54, 1.807) is 14.2 Å². The van der Waals surface area contributed by atoms with Crippen LogP contribution in [0.4, 0.5) is 0 Å². The molecule has 0 saturated heterocycles. The first-order valence-corrected chi connectivity index (χ1v) is 7.83. The smallest absolute Gasteiger partial charge is 0.119 e. The minimum absolute atomic E-state index is 0.317. The Morgan fingerprint density at radius 1 is 1.24 bits per heavy atom. The van der Waals surface area contributed by atoms with Crippen molar-refractivity contribution in [3.8, 4) is 5.75 Å². The van der Waals surface area contributed by atoms with E-state index in [-0.39, 0.29) is 0 Å². The van der Waals surface area contributed by atoms with Crippen molar-refractivity contribution < 1.29 is 9.47 Å². The highest BCUT2D eigenvalue weighted by molar-refractivity contribution is 5.30. The Bertz CT molecular complexity index is 385. The molecule has 0 aliphatic rings. The van der Waals surface area contributed by atoms with E-state index in [0.29, 0.717) is 6.04 Å². The van der Waals surface area contributed by atoms with Gasteiger partial charge in [0.05, 0.1) is 13.7 Å². The Kier molecular flexibility index (Phi) is 9.06. The fraction of sp³-hybridized carbons (Fsp3) is 0.647. The molecule has 0 heterocycles. The minimum Gasteiger partial charge on any atom is -0.497 e. The number of nitrogens with one attached hydrogen (secondary N) is 1. The van der Waals surface area contributed by atoms with E-state index in [1.165, 1.54) is 5.56 Å². The molecular weight excluding hydrogens is 264 g/mol. The van der Waals surface area contributed by atoms with Crippen molar-refractivity contribution in [2.45, 2.75) is 26.3 Å². The van der Waals surface area contributed by atoms with E-state index in [4.69, 9.17) is 9.47 Å². The van der Waals surface area contributed by atoms with E-state index in [0.717, 1.165) is 45.0 Å². The molecule has 4 heteroatoms. The molecule has 1 N–H and O–H groups in total. The molecule has 1 atom stereocenters. The van der Waals surface area contributed by atoms with Gasteiger partial charge in [0, 0.05) is 26.2 Å². The van der Waals surface area contributed by atoms with Gasteiger partial charge in [0.15, 0.2) is 0 Å². The van der Waals surface area contributed by atoms with Crippen molar-refractivity contribution in [2.24, 2.45) is 0 Å². The third-order valence-electron chi connectivity index (χ3n) is 3.64. The number of hydrogen-bond donors (Lipinski definition) is 1. The van der Waals surface area contributed by atoms with Crippen LogP contribution in [0.25, 0.3) is 0 Å². The average Bonchev–Trinajstić information content (AvgIpc) is 2.54. The molecule has 1 unspecified atom stereocenters. The lowest BCUT2D eigenvalue weighted by atomic mass is 10.1. The van der Waals surface area contributed by atoms with Crippen molar-refractivity contribution in [3.63, 3.8) is 0 Å². The van der Waals surface area contributed by atoms with E-state index >= 15 is 0 Å². The first-order valence-electron chi connectivity index (χ1n) is 7.83. The van der Waals surface area contributed by atoms with Crippen LogP contribution in [0.3, 0.4) is 0 Å². The van der Waals surface area contributed by atoms with Gasteiger partial charge in [-0.15, -0.1) is 0 Å². The normalized spacial score (nSPS) is 12.6. The topological polar surface area (TPSA) is 33.7 Å². The second-order valence-electron chi connectivity index (χ2n) is 5.17. The Morgan fingerprint density at radius 3 is 2.67 bits per heavy atom. The zero-order valence-corrected chi connectivity index (χ0v) is 13.9. The zero-order valence-electron chi connectivity index (χ0n) is 13.9. The zero-order chi connectivity index (χ0) is 15.5. The molecule has 1 aromatic carbocycles. The van der Waals surface area contributed by atoms with Crippen LogP contribution in [0.15, 0.2) is 24.3 Å². The van der Waals surface area contributed by atoms with E-state index in [1.807, 2.05) is 6.07 Å². The SMILES string of the molecule is CCCNC(CN(CC)CCOC)c1cccc(OC)c1. The molecule has 0 bridgehead atoms. The summed E-state index contributed by atoms with van der Waals surface area (Å²) in [7, 11) is 3.47. The number of nitrogens with zero attached hydrogens (tertiary/aromatic N) is 1. The van der Waals surface area contributed by atoms with Crippen LogP contribution in [-0.4, -0.2) is 51.9 Å². The van der Waals surface area contributed by atoms with Crippen molar-refractivity contribution in [1.29, 1.82) is 0 Å². The number of hydrogen-bond acceptors (Lipinski definition) is 4. The Hall–Kier alpha value is -1.10.